The Bertz CT molecular complexity index is 617. The molecular formula is C17H22N2O2. The summed E-state index contributed by atoms with van der Waals surface area (Å²) in [5.74, 6) is 0.826. The third-order valence-electron chi connectivity index (χ3n) is 3.35. The van der Waals surface area contributed by atoms with Crippen LogP contribution in [0.3, 0.4) is 0 Å². The molecule has 0 bridgehead atoms. The molecule has 4 nitrogen and oxygen atoms in total. The lowest BCUT2D eigenvalue weighted by molar-refractivity contribution is 0.296. The fraction of sp³-hybridized carbons (Fsp3) is 0.353. The SMILES string of the molecule is CCCCc1ccc(OCCn2cc(N)ccc2=O)cc1. The molecule has 4 heteroatoms. The van der Waals surface area contributed by atoms with E-state index in [2.05, 4.69) is 19.1 Å². The molecule has 21 heavy (non-hydrogen) atoms. The van der Waals surface area contributed by atoms with E-state index in [1.54, 1.807) is 16.8 Å². The first-order valence-corrected chi connectivity index (χ1v) is 7.37. The van der Waals surface area contributed by atoms with Crippen molar-refractivity contribution in [1.29, 1.82) is 0 Å². The van der Waals surface area contributed by atoms with E-state index in [4.69, 9.17) is 10.5 Å². The Morgan fingerprint density at radius 2 is 1.90 bits per heavy atom. The van der Waals surface area contributed by atoms with Crippen LogP contribution in [-0.2, 0) is 13.0 Å². The Morgan fingerprint density at radius 3 is 2.62 bits per heavy atom. The highest BCUT2D eigenvalue weighted by Crippen LogP contribution is 2.14. The second-order valence-electron chi connectivity index (χ2n) is 5.09. The van der Waals surface area contributed by atoms with Gasteiger partial charge in [-0.25, -0.2) is 0 Å². The summed E-state index contributed by atoms with van der Waals surface area (Å²) in [7, 11) is 0. The zero-order valence-electron chi connectivity index (χ0n) is 12.4. The highest BCUT2D eigenvalue weighted by Gasteiger charge is 1.99. The number of pyridine rings is 1. The highest BCUT2D eigenvalue weighted by molar-refractivity contribution is 5.33. The molecule has 1 heterocycles. The third-order valence-corrected chi connectivity index (χ3v) is 3.35. The first-order chi connectivity index (χ1) is 10.2. The molecule has 0 saturated carbocycles. The fourth-order valence-electron chi connectivity index (χ4n) is 2.12. The number of nitrogen functional groups attached to an aromatic ring is 1. The van der Waals surface area contributed by atoms with Crippen molar-refractivity contribution in [3.05, 3.63) is 58.5 Å². The van der Waals surface area contributed by atoms with Crippen LogP contribution in [0.25, 0.3) is 0 Å². The molecule has 1 aromatic carbocycles. The summed E-state index contributed by atoms with van der Waals surface area (Å²) in [6.45, 7) is 3.12. The van der Waals surface area contributed by atoms with Crippen LogP contribution in [0.4, 0.5) is 5.69 Å². The van der Waals surface area contributed by atoms with Crippen LogP contribution in [0.5, 0.6) is 5.75 Å². The standard InChI is InChI=1S/C17H22N2O2/c1-2-3-4-14-5-8-16(9-6-14)21-12-11-19-13-15(18)7-10-17(19)20/h5-10,13H,2-4,11-12,18H2,1H3. The van der Waals surface area contributed by atoms with Crippen molar-refractivity contribution in [2.24, 2.45) is 0 Å². The Kier molecular flexibility index (Phi) is 5.43. The van der Waals surface area contributed by atoms with E-state index in [1.807, 2.05) is 12.1 Å². The van der Waals surface area contributed by atoms with Crippen molar-refractivity contribution in [3.8, 4) is 5.75 Å². The summed E-state index contributed by atoms with van der Waals surface area (Å²) in [5, 5.41) is 0. The van der Waals surface area contributed by atoms with Crippen molar-refractivity contribution >= 4 is 5.69 Å². The maximum atomic E-state index is 11.6. The van der Waals surface area contributed by atoms with Gasteiger partial charge in [-0.15, -0.1) is 0 Å². The summed E-state index contributed by atoms with van der Waals surface area (Å²) < 4.78 is 7.22. The molecule has 0 saturated heterocycles. The maximum absolute atomic E-state index is 11.6. The zero-order valence-corrected chi connectivity index (χ0v) is 12.4. The summed E-state index contributed by atoms with van der Waals surface area (Å²) in [5.41, 5.74) is 7.51. The smallest absolute Gasteiger partial charge is 0.250 e. The molecule has 0 radical (unpaired) electrons. The lowest BCUT2D eigenvalue weighted by atomic mass is 10.1. The van der Waals surface area contributed by atoms with Crippen LogP contribution in [0, 0.1) is 0 Å². The van der Waals surface area contributed by atoms with Gasteiger partial charge in [0.05, 0.1) is 6.54 Å². The quantitative estimate of drug-likeness (QED) is 0.851. The van der Waals surface area contributed by atoms with E-state index in [0.717, 1.165) is 12.2 Å². The van der Waals surface area contributed by atoms with E-state index >= 15 is 0 Å². The summed E-state index contributed by atoms with van der Waals surface area (Å²) >= 11 is 0. The zero-order chi connectivity index (χ0) is 15.1. The molecule has 1 aromatic heterocycles. The fourth-order valence-corrected chi connectivity index (χ4v) is 2.12. The molecule has 0 fully saturated rings. The minimum absolute atomic E-state index is 0.0669. The first-order valence-electron chi connectivity index (χ1n) is 7.37. The molecule has 2 aromatic rings. The van der Waals surface area contributed by atoms with Gasteiger partial charge in [0.1, 0.15) is 12.4 Å². The average Bonchev–Trinajstić information content (AvgIpc) is 2.50. The van der Waals surface area contributed by atoms with Crippen molar-refractivity contribution in [3.63, 3.8) is 0 Å². The Balaban J connectivity index is 1.85. The minimum Gasteiger partial charge on any atom is -0.492 e. The monoisotopic (exact) mass is 286 g/mol. The van der Waals surface area contributed by atoms with E-state index in [1.165, 1.54) is 24.5 Å². The van der Waals surface area contributed by atoms with Gasteiger partial charge in [0.2, 0.25) is 0 Å². The average molecular weight is 286 g/mol. The minimum atomic E-state index is -0.0669. The molecule has 0 atom stereocenters. The summed E-state index contributed by atoms with van der Waals surface area (Å²) in [6, 6.07) is 11.2. The summed E-state index contributed by atoms with van der Waals surface area (Å²) in [6.07, 6.45) is 5.15. The molecule has 2 rings (SSSR count). The number of nitrogens with two attached hydrogens (primary N) is 1. The molecule has 0 spiro atoms. The predicted molar refractivity (Wildman–Crippen MR) is 85.7 cm³/mol. The number of aryl methyl sites for hydroxylation is 1. The van der Waals surface area contributed by atoms with Gasteiger partial charge in [0, 0.05) is 18.0 Å². The highest BCUT2D eigenvalue weighted by atomic mass is 16.5. The second-order valence-corrected chi connectivity index (χ2v) is 5.09. The molecule has 0 aliphatic rings. The largest absolute Gasteiger partial charge is 0.492 e. The van der Waals surface area contributed by atoms with E-state index in [0.29, 0.717) is 18.8 Å². The number of rotatable bonds is 7. The second kappa shape index (κ2) is 7.53. The lowest BCUT2D eigenvalue weighted by Gasteiger charge is -2.09. The molecule has 112 valence electrons. The van der Waals surface area contributed by atoms with E-state index in [-0.39, 0.29) is 5.56 Å². The number of benzene rings is 1. The van der Waals surface area contributed by atoms with Crippen LogP contribution >= 0.6 is 0 Å². The lowest BCUT2D eigenvalue weighted by Crippen LogP contribution is -2.22. The van der Waals surface area contributed by atoms with E-state index in [9.17, 15) is 4.79 Å². The van der Waals surface area contributed by atoms with Gasteiger partial charge in [-0.3, -0.25) is 4.79 Å². The normalized spacial score (nSPS) is 10.5. The van der Waals surface area contributed by atoms with Crippen molar-refractivity contribution in [1.82, 2.24) is 4.57 Å². The Hall–Kier alpha value is -2.23. The van der Waals surface area contributed by atoms with Crippen molar-refractivity contribution < 1.29 is 4.74 Å². The summed E-state index contributed by atoms with van der Waals surface area (Å²) in [4.78, 5) is 11.6. The van der Waals surface area contributed by atoms with Gasteiger partial charge in [0.15, 0.2) is 0 Å². The molecule has 0 aliphatic heterocycles. The molecular weight excluding hydrogens is 264 g/mol. The Labute approximate surface area is 125 Å². The van der Waals surface area contributed by atoms with Crippen molar-refractivity contribution in [2.45, 2.75) is 32.7 Å². The maximum Gasteiger partial charge on any atom is 0.250 e. The number of anilines is 1. The van der Waals surface area contributed by atoms with Gasteiger partial charge >= 0.3 is 0 Å². The van der Waals surface area contributed by atoms with Gasteiger partial charge < -0.3 is 15.0 Å². The number of hydrogen-bond acceptors (Lipinski definition) is 3. The van der Waals surface area contributed by atoms with Crippen LogP contribution in [-0.4, -0.2) is 11.2 Å². The van der Waals surface area contributed by atoms with E-state index < -0.39 is 0 Å². The number of unbranched alkanes of at least 4 members (excludes halogenated alkanes) is 1. The van der Waals surface area contributed by atoms with Crippen molar-refractivity contribution in [2.75, 3.05) is 12.3 Å². The van der Waals surface area contributed by atoms with Gasteiger partial charge in [-0.2, -0.15) is 0 Å². The van der Waals surface area contributed by atoms with Crippen LogP contribution in [0.2, 0.25) is 0 Å². The molecule has 0 aliphatic carbocycles. The number of ether oxygens (including phenoxy) is 1. The predicted octanol–water partition coefficient (Wildman–Crippen LogP) is 2.85. The number of aromatic nitrogens is 1. The topological polar surface area (TPSA) is 57.2 Å². The van der Waals surface area contributed by atoms with Gasteiger partial charge in [-0.05, 0) is 36.6 Å². The number of hydrogen-bond donors (Lipinski definition) is 1. The van der Waals surface area contributed by atoms with Crippen LogP contribution < -0.4 is 16.0 Å². The number of nitrogens with zero attached hydrogens (tertiary/aromatic N) is 1. The van der Waals surface area contributed by atoms with Crippen LogP contribution in [0.15, 0.2) is 47.4 Å². The Morgan fingerprint density at radius 1 is 1.14 bits per heavy atom. The molecule has 0 amide bonds. The molecule has 2 N–H and O–H groups in total. The van der Waals surface area contributed by atoms with Gasteiger partial charge in [-0.1, -0.05) is 25.5 Å². The first kappa shape index (κ1) is 15.2. The van der Waals surface area contributed by atoms with Crippen LogP contribution in [0.1, 0.15) is 25.3 Å². The third kappa shape index (κ3) is 4.67. The molecule has 0 unspecified atom stereocenters. The van der Waals surface area contributed by atoms with Gasteiger partial charge in [0.25, 0.3) is 5.56 Å².